The third kappa shape index (κ3) is 17.0. The average molecular weight is 631 g/mol. The summed E-state index contributed by atoms with van der Waals surface area (Å²) in [5.41, 5.74) is -1.31. The number of nitrogens with zero attached hydrogens (tertiary/aromatic N) is 2. The molecule has 0 aromatic rings. The zero-order valence-corrected chi connectivity index (χ0v) is 27.2. The molecule has 14 heteroatoms. The smallest absolute Gasteiger partial charge is 0.245 e. The Morgan fingerprint density at radius 1 is 0.500 bits per heavy atom. The first kappa shape index (κ1) is 39.3. The maximum absolute atomic E-state index is 12.6. The summed E-state index contributed by atoms with van der Waals surface area (Å²) in [6, 6.07) is 0. The summed E-state index contributed by atoms with van der Waals surface area (Å²) >= 11 is 6.38. The second kappa shape index (κ2) is 24.6. The highest BCUT2D eigenvalue weighted by molar-refractivity contribution is 6.17. The number of ether oxygens (including phenoxy) is 10. The van der Waals surface area contributed by atoms with Crippen LogP contribution >= 0.6 is 11.8 Å². The Kier molecular flexibility index (Phi) is 23.1. The van der Waals surface area contributed by atoms with Crippen molar-refractivity contribution < 1.29 is 52.2 Å². The van der Waals surface area contributed by atoms with E-state index < -0.39 is 11.2 Å². The van der Waals surface area contributed by atoms with Gasteiger partial charge in [0.2, 0.25) is 5.91 Å². The Bertz CT molecular complexity index is 661. The van der Waals surface area contributed by atoms with Crippen LogP contribution in [0, 0.1) is 0 Å². The van der Waals surface area contributed by atoms with Gasteiger partial charge in [0.15, 0.2) is 0 Å². The molecule has 0 bridgehead atoms. The molecule has 1 aliphatic heterocycles. The summed E-state index contributed by atoms with van der Waals surface area (Å²) in [6.07, 6.45) is 0. The average Bonchev–Trinajstić information content (AvgIpc) is 3.08. The van der Waals surface area contributed by atoms with Crippen molar-refractivity contribution in [1.82, 2.24) is 9.32 Å². The van der Waals surface area contributed by atoms with E-state index in [-0.39, 0.29) is 5.91 Å². The molecule has 13 nitrogen and oxygen atoms in total. The van der Waals surface area contributed by atoms with Crippen molar-refractivity contribution in [2.24, 2.45) is 0 Å². The van der Waals surface area contributed by atoms with Gasteiger partial charge in [-0.1, -0.05) is 0 Å². The van der Waals surface area contributed by atoms with E-state index in [1.165, 1.54) is 0 Å². The van der Waals surface area contributed by atoms with Crippen molar-refractivity contribution in [1.29, 1.82) is 0 Å². The molecule has 1 aliphatic rings. The maximum atomic E-state index is 12.6. The van der Waals surface area contributed by atoms with Crippen LogP contribution in [-0.4, -0.2) is 166 Å². The normalized spacial score (nSPS) is 16.6. The first-order chi connectivity index (χ1) is 20.3. The van der Waals surface area contributed by atoms with E-state index in [4.69, 9.17) is 59.1 Å². The minimum atomic E-state index is -0.739. The molecule has 0 unspecified atom stereocenters. The van der Waals surface area contributed by atoms with Crippen LogP contribution in [0.25, 0.3) is 0 Å². The second-order valence-electron chi connectivity index (χ2n) is 10.3. The van der Waals surface area contributed by atoms with Gasteiger partial charge in [0.1, 0.15) is 11.2 Å². The minimum Gasteiger partial charge on any atom is -0.382 e. The highest BCUT2D eigenvalue weighted by atomic mass is 35.5. The maximum Gasteiger partial charge on any atom is 0.245 e. The molecule has 0 spiro atoms. The number of rotatable bonds is 30. The lowest BCUT2D eigenvalue weighted by Gasteiger charge is -2.35. The monoisotopic (exact) mass is 630 g/mol. The fraction of sp³-hybridized carbons (Fsp3) is 0.964. The number of carbonyl (C=O) groups excluding carboxylic acids is 1. The van der Waals surface area contributed by atoms with Crippen molar-refractivity contribution in [3.05, 3.63) is 0 Å². The largest absolute Gasteiger partial charge is 0.382 e. The Hall–Kier alpha value is -0.680. The lowest BCUT2D eigenvalue weighted by Crippen LogP contribution is -2.47. The van der Waals surface area contributed by atoms with Crippen molar-refractivity contribution in [3.63, 3.8) is 0 Å². The topological polar surface area (TPSA) is 116 Å². The predicted octanol–water partition coefficient (Wildman–Crippen LogP) is 1.59. The van der Waals surface area contributed by atoms with E-state index in [0.717, 1.165) is 0 Å². The molecule has 1 heterocycles. The van der Waals surface area contributed by atoms with Crippen molar-refractivity contribution in [3.8, 4) is 0 Å². The molecule has 0 N–H and O–H groups in total. The van der Waals surface area contributed by atoms with Crippen LogP contribution in [0.5, 0.6) is 0 Å². The molecular weight excluding hydrogens is 576 g/mol. The number of amides is 1. The van der Waals surface area contributed by atoms with Crippen LogP contribution in [0.15, 0.2) is 0 Å². The van der Waals surface area contributed by atoms with Gasteiger partial charge < -0.3 is 52.3 Å². The summed E-state index contributed by atoms with van der Waals surface area (Å²) in [6.45, 7) is 17.6. The van der Waals surface area contributed by atoms with E-state index in [0.29, 0.717) is 132 Å². The van der Waals surface area contributed by atoms with Gasteiger partial charge in [0.05, 0.1) is 126 Å². The Morgan fingerprint density at radius 3 is 1.00 bits per heavy atom. The summed E-state index contributed by atoms with van der Waals surface area (Å²) in [5.74, 6) is -0.00568. The lowest BCUT2D eigenvalue weighted by atomic mass is 10.1. The highest BCUT2D eigenvalue weighted by Crippen LogP contribution is 2.39. The molecule has 0 saturated carbocycles. The van der Waals surface area contributed by atoms with E-state index in [2.05, 4.69) is 0 Å². The van der Waals surface area contributed by atoms with Gasteiger partial charge in [-0.2, -0.15) is 4.42 Å². The van der Waals surface area contributed by atoms with Gasteiger partial charge in [0.25, 0.3) is 0 Å². The summed E-state index contributed by atoms with van der Waals surface area (Å²) in [5, 5.41) is 0. The SMILES string of the molecule is COCCOCCOCCOCCOCCOCCOCCOCCOCCOCCN1C(=O)C(C)(C)N(Cl)C1(C)C. The summed E-state index contributed by atoms with van der Waals surface area (Å²) < 4.78 is 55.6. The minimum absolute atomic E-state index is 0.00568. The first-order valence-corrected chi connectivity index (χ1v) is 15.1. The van der Waals surface area contributed by atoms with Crippen LogP contribution in [0.1, 0.15) is 27.7 Å². The number of hydrogen-bond acceptors (Lipinski definition) is 12. The first-order valence-electron chi connectivity index (χ1n) is 14.7. The van der Waals surface area contributed by atoms with Crippen molar-refractivity contribution in [2.45, 2.75) is 38.9 Å². The standard InChI is InChI=1S/C28H55ClN2O11/c1-27(2)26(32)30(28(3,4)31(27)29)6-7-34-10-11-36-14-15-38-18-19-40-22-23-42-25-24-41-21-20-39-17-16-37-13-12-35-9-8-33-5/h6-25H2,1-5H3. The third-order valence-corrected chi connectivity index (χ3v) is 7.10. The molecule has 0 aromatic heterocycles. The van der Waals surface area contributed by atoms with Crippen LogP contribution < -0.4 is 0 Å². The molecule has 1 rings (SSSR count). The van der Waals surface area contributed by atoms with Gasteiger partial charge in [-0.3, -0.25) is 4.79 Å². The van der Waals surface area contributed by atoms with Crippen LogP contribution in [0.3, 0.4) is 0 Å². The van der Waals surface area contributed by atoms with Gasteiger partial charge in [-0.15, -0.1) is 0 Å². The molecule has 1 saturated heterocycles. The number of carbonyl (C=O) groups is 1. The number of hydrogen-bond donors (Lipinski definition) is 0. The molecule has 0 atom stereocenters. The fourth-order valence-corrected chi connectivity index (χ4v) is 4.15. The van der Waals surface area contributed by atoms with Crippen LogP contribution in [0.4, 0.5) is 0 Å². The van der Waals surface area contributed by atoms with E-state index in [1.54, 1.807) is 16.4 Å². The van der Waals surface area contributed by atoms with Crippen LogP contribution in [-0.2, 0) is 52.2 Å². The quantitative estimate of drug-likeness (QED) is 0.0848. The predicted molar refractivity (Wildman–Crippen MR) is 157 cm³/mol. The van der Waals surface area contributed by atoms with Gasteiger partial charge in [-0.25, -0.2) is 0 Å². The third-order valence-electron chi connectivity index (χ3n) is 6.27. The van der Waals surface area contributed by atoms with Gasteiger partial charge in [-0.05, 0) is 39.5 Å². The molecular formula is C28H55ClN2O11. The lowest BCUT2D eigenvalue weighted by molar-refractivity contribution is -0.134. The zero-order valence-electron chi connectivity index (χ0n) is 26.4. The van der Waals surface area contributed by atoms with Gasteiger partial charge in [0, 0.05) is 13.7 Å². The van der Waals surface area contributed by atoms with Crippen molar-refractivity contribution >= 4 is 17.7 Å². The Balaban J connectivity index is 1.74. The van der Waals surface area contributed by atoms with Crippen molar-refractivity contribution in [2.75, 3.05) is 139 Å². The summed E-state index contributed by atoms with van der Waals surface area (Å²) in [7, 11) is 1.64. The second-order valence-corrected chi connectivity index (χ2v) is 10.6. The fourth-order valence-electron chi connectivity index (χ4n) is 3.99. The molecule has 250 valence electrons. The van der Waals surface area contributed by atoms with Crippen LogP contribution in [0.2, 0.25) is 0 Å². The number of methoxy groups -OCH3 is 1. The molecule has 1 fully saturated rings. The zero-order chi connectivity index (χ0) is 30.9. The highest BCUT2D eigenvalue weighted by Gasteiger charge is 2.55. The van der Waals surface area contributed by atoms with E-state index in [1.807, 2.05) is 27.7 Å². The Morgan fingerprint density at radius 2 is 0.762 bits per heavy atom. The van der Waals surface area contributed by atoms with Gasteiger partial charge >= 0.3 is 0 Å². The molecule has 0 aromatic carbocycles. The summed E-state index contributed by atoms with van der Waals surface area (Å²) in [4.78, 5) is 14.4. The van der Waals surface area contributed by atoms with E-state index >= 15 is 0 Å². The molecule has 1 amide bonds. The Labute approximate surface area is 257 Å². The molecule has 0 radical (unpaired) electrons. The molecule has 42 heavy (non-hydrogen) atoms. The molecule has 0 aliphatic carbocycles. The van der Waals surface area contributed by atoms with E-state index in [9.17, 15) is 4.79 Å². The number of halogens is 1.